The van der Waals surface area contributed by atoms with E-state index in [1.807, 2.05) is 48.7 Å². The molecule has 2 aliphatic heterocycles. The number of aromatic nitrogens is 2. The van der Waals surface area contributed by atoms with Gasteiger partial charge in [0, 0.05) is 38.4 Å². The van der Waals surface area contributed by atoms with E-state index < -0.39 is 5.41 Å². The number of carbonyl (C=O) groups is 2. The molecule has 2 atom stereocenters. The van der Waals surface area contributed by atoms with Gasteiger partial charge in [-0.05, 0) is 64.0 Å². The van der Waals surface area contributed by atoms with Crippen molar-refractivity contribution < 1.29 is 9.59 Å². The third-order valence-corrected chi connectivity index (χ3v) is 7.23. The van der Waals surface area contributed by atoms with Crippen LogP contribution in [0, 0.1) is 25.2 Å². The average molecular weight is 421 g/mol. The number of carbonyl (C=O) groups excluding carboxylic acids is 2. The van der Waals surface area contributed by atoms with E-state index in [9.17, 15) is 9.59 Å². The zero-order valence-corrected chi connectivity index (χ0v) is 18.8. The number of rotatable bonds is 4. The second-order valence-corrected chi connectivity index (χ2v) is 10.1. The van der Waals surface area contributed by atoms with Crippen LogP contribution in [0.15, 0.2) is 30.7 Å². The third-order valence-electron chi connectivity index (χ3n) is 7.23. The van der Waals surface area contributed by atoms with Crippen LogP contribution in [-0.4, -0.2) is 50.8 Å². The Morgan fingerprint density at radius 3 is 2.58 bits per heavy atom. The zero-order valence-electron chi connectivity index (χ0n) is 18.8. The van der Waals surface area contributed by atoms with E-state index in [1.54, 1.807) is 6.33 Å². The van der Waals surface area contributed by atoms with Gasteiger partial charge in [0.15, 0.2) is 0 Å². The van der Waals surface area contributed by atoms with Gasteiger partial charge in [0.25, 0.3) is 5.91 Å². The summed E-state index contributed by atoms with van der Waals surface area (Å²) in [7, 11) is 1.94. The number of likely N-dealkylation sites (tertiary alicyclic amines) is 2. The molecule has 0 N–H and O–H groups in total. The lowest BCUT2D eigenvalue weighted by molar-refractivity contribution is -0.145. The van der Waals surface area contributed by atoms with Gasteiger partial charge in [-0.2, -0.15) is 0 Å². The molecule has 1 aromatic carbocycles. The number of hydrogen-bond donors (Lipinski definition) is 0. The van der Waals surface area contributed by atoms with Gasteiger partial charge in [0.2, 0.25) is 5.91 Å². The van der Waals surface area contributed by atoms with E-state index >= 15 is 0 Å². The molecule has 0 unspecified atom stereocenters. The Hall–Kier alpha value is -2.63. The molecular formula is C25H32N4O2. The highest BCUT2D eigenvalue weighted by Gasteiger charge is 2.54. The van der Waals surface area contributed by atoms with Gasteiger partial charge < -0.3 is 14.4 Å². The SMILES string of the molecule is Cc1cc(C)cc(C(=O)N2C[C@@]3(CCCN(CC4CC4)C3=O)C[C@@H]2c2cn(C)cn2)c1. The van der Waals surface area contributed by atoms with Gasteiger partial charge in [-0.3, -0.25) is 9.59 Å². The van der Waals surface area contributed by atoms with Gasteiger partial charge in [0.1, 0.15) is 0 Å². The second-order valence-electron chi connectivity index (χ2n) is 10.1. The fourth-order valence-electron chi connectivity index (χ4n) is 5.60. The summed E-state index contributed by atoms with van der Waals surface area (Å²) in [5.41, 5.74) is 3.26. The molecule has 6 nitrogen and oxygen atoms in total. The van der Waals surface area contributed by atoms with Crippen LogP contribution in [0.5, 0.6) is 0 Å². The van der Waals surface area contributed by atoms with Crippen LogP contribution in [0.4, 0.5) is 0 Å². The van der Waals surface area contributed by atoms with E-state index in [1.165, 1.54) is 12.8 Å². The maximum atomic E-state index is 13.7. The highest BCUT2D eigenvalue weighted by atomic mass is 16.2. The highest BCUT2D eigenvalue weighted by molar-refractivity contribution is 5.96. The predicted octanol–water partition coefficient (Wildman–Crippen LogP) is 3.64. The quantitative estimate of drug-likeness (QED) is 0.759. The molecule has 1 spiro atoms. The summed E-state index contributed by atoms with van der Waals surface area (Å²) in [5, 5.41) is 0. The molecule has 1 aromatic heterocycles. The lowest BCUT2D eigenvalue weighted by Crippen LogP contribution is -2.50. The molecule has 6 heteroatoms. The number of imidazole rings is 1. The summed E-state index contributed by atoms with van der Waals surface area (Å²) in [5.74, 6) is 0.939. The second kappa shape index (κ2) is 7.50. The standard InChI is InChI=1S/C25H32N4O2/c1-17-9-18(2)11-20(10-17)23(30)29-15-25(12-22(29)21-14-27(3)16-26-21)7-4-8-28(24(25)31)13-19-5-6-19/h9-11,14,16,19,22H,4-8,12-13,15H2,1-3H3/t22-,25-/m1/s1. The predicted molar refractivity (Wildman–Crippen MR) is 118 cm³/mol. The Kier molecular flexibility index (Phi) is 4.91. The van der Waals surface area contributed by atoms with Crippen molar-refractivity contribution in [3.8, 4) is 0 Å². The van der Waals surface area contributed by atoms with Crippen molar-refractivity contribution in [2.45, 2.75) is 52.0 Å². The average Bonchev–Trinajstić information content (AvgIpc) is 3.30. The number of benzene rings is 1. The normalized spacial score (nSPS) is 26.2. The van der Waals surface area contributed by atoms with Crippen LogP contribution in [-0.2, 0) is 11.8 Å². The Morgan fingerprint density at radius 1 is 1.19 bits per heavy atom. The fraction of sp³-hybridized carbons (Fsp3) is 0.560. The Balaban J connectivity index is 1.49. The molecule has 2 amide bonds. The van der Waals surface area contributed by atoms with Crippen molar-refractivity contribution in [2.75, 3.05) is 19.6 Å². The van der Waals surface area contributed by atoms with Gasteiger partial charge in [-0.1, -0.05) is 17.2 Å². The minimum absolute atomic E-state index is 0.00597. The van der Waals surface area contributed by atoms with E-state index in [4.69, 9.17) is 0 Å². The fourth-order valence-corrected chi connectivity index (χ4v) is 5.60. The number of aryl methyl sites for hydroxylation is 3. The summed E-state index contributed by atoms with van der Waals surface area (Å²) in [6, 6.07) is 5.83. The Labute approximate surface area is 184 Å². The lowest BCUT2D eigenvalue weighted by Gasteiger charge is -2.39. The van der Waals surface area contributed by atoms with Crippen LogP contribution in [0.3, 0.4) is 0 Å². The minimum Gasteiger partial charge on any atom is -0.342 e. The molecule has 3 fully saturated rings. The van der Waals surface area contributed by atoms with E-state index in [0.717, 1.165) is 42.8 Å². The first-order valence-electron chi connectivity index (χ1n) is 11.5. The molecule has 0 radical (unpaired) electrons. The first kappa shape index (κ1) is 20.3. The summed E-state index contributed by atoms with van der Waals surface area (Å²) >= 11 is 0. The van der Waals surface area contributed by atoms with Crippen molar-refractivity contribution in [3.05, 3.63) is 53.1 Å². The van der Waals surface area contributed by atoms with Crippen LogP contribution in [0.1, 0.15) is 65.3 Å². The molecule has 2 saturated heterocycles. The van der Waals surface area contributed by atoms with Crippen molar-refractivity contribution in [1.82, 2.24) is 19.4 Å². The smallest absolute Gasteiger partial charge is 0.254 e. The van der Waals surface area contributed by atoms with Gasteiger partial charge in [-0.25, -0.2) is 4.98 Å². The minimum atomic E-state index is -0.482. The number of piperidine rings is 1. The summed E-state index contributed by atoms with van der Waals surface area (Å²) in [4.78, 5) is 36.0. The van der Waals surface area contributed by atoms with E-state index in [0.29, 0.717) is 24.4 Å². The summed E-state index contributed by atoms with van der Waals surface area (Å²) in [6.07, 6.45) is 8.78. The highest BCUT2D eigenvalue weighted by Crippen LogP contribution is 2.49. The van der Waals surface area contributed by atoms with Crippen LogP contribution >= 0.6 is 0 Å². The van der Waals surface area contributed by atoms with Gasteiger partial charge >= 0.3 is 0 Å². The molecule has 0 bridgehead atoms. The van der Waals surface area contributed by atoms with Crippen molar-refractivity contribution in [3.63, 3.8) is 0 Å². The molecular weight excluding hydrogens is 388 g/mol. The van der Waals surface area contributed by atoms with E-state index in [2.05, 4.69) is 16.0 Å². The van der Waals surface area contributed by atoms with Crippen molar-refractivity contribution in [2.24, 2.45) is 18.4 Å². The molecule has 3 aliphatic rings. The van der Waals surface area contributed by atoms with Crippen LogP contribution < -0.4 is 0 Å². The monoisotopic (exact) mass is 420 g/mol. The van der Waals surface area contributed by atoms with Crippen molar-refractivity contribution >= 4 is 11.8 Å². The molecule has 31 heavy (non-hydrogen) atoms. The lowest BCUT2D eigenvalue weighted by atomic mass is 9.76. The Morgan fingerprint density at radius 2 is 1.94 bits per heavy atom. The van der Waals surface area contributed by atoms with Gasteiger partial charge in [0.05, 0.1) is 23.5 Å². The largest absolute Gasteiger partial charge is 0.342 e. The van der Waals surface area contributed by atoms with Crippen LogP contribution in [0.2, 0.25) is 0 Å². The first-order chi connectivity index (χ1) is 14.8. The van der Waals surface area contributed by atoms with Crippen LogP contribution in [0.25, 0.3) is 0 Å². The zero-order chi connectivity index (χ0) is 21.8. The summed E-state index contributed by atoms with van der Waals surface area (Å²) < 4.78 is 1.92. The van der Waals surface area contributed by atoms with Gasteiger partial charge in [-0.15, -0.1) is 0 Å². The third kappa shape index (κ3) is 3.77. The maximum absolute atomic E-state index is 13.7. The first-order valence-corrected chi connectivity index (χ1v) is 11.5. The molecule has 1 aliphatic carbocycles. The number of amides is 2. The number of hydrogen-bond acceptors (Lipinski definition) is 3. The Bertz CT molecular complexity index is 1000. The topological polar surface area (TPSA) is 58.4 Å². The molecule has 5 rings (SSSR count). The summed E-state index contributed by atoms with van der Waals surface area (Å²) in [6.45, 7) is 6.27. The number of nitrogens with zero attached hydrogens (tertiary/aromatic N) is 4. The van der Waals surface area contributed by atoms with Crippen molar-refractivity contribution in [1.29, 1.82) is 0 Å². The molecule has 164 valence electrons. The molecule has 2 aromatic rings. The molecule has 1 saturated carbocycles. The van der Waals surface area contributed by atoms with E-state index in [-0.39, 0.29) is 17.9 Å². The molecule has 3 heterocycles. The maximum Gasteiger partial charge on any atom is 0.254 e.